The smallest absolute Gasteiger partial charge is 0.333 e. The van der Waals surface area contributed by atoms with E-state index < -0.39 is 0 Å². The minimum atomic E-state index is -0.224. The van der Waals surface area contributed by atoms with Crippen molar-refractivity contribution in [3.05, 3.63) is 11.6 Å². The molecule has 68 valence electrons. The summed E-state index contributed by atoms with van der Waals surface area (Å²) in [5, 5.41) is 0. The van der Waals surface area contributed by atoms with Gasteiger partial charge >= 0.3 is 5.97 Å². The Bertz CT molecular complexity index is 192. The fourth-order valence-corrected chi connectivity index (χ4v) is 0.749. The van der Waals surface area contributed by atoms with Gasteiger partial charge in [-0.1, -0.05) is 6.08 Å². The molecule has 0 aliphatic carbocycles. The van der Waals surface area contributed by atoms with Crippen LogP contribution in [0.5, 0.6) is 0 Å². The van der Waals surface area contributed by atoms with Crippen LogP contribution in [0.1, 0.15) is 20.3 Å². The molecule has 3 nitrogen and oxygen atoms in total. The fourth-order valence-electron chi connectivity index (χ4n) is 0.749. The van der Waals surface area contributed by atoms with Crippen LogP contribution in [0.4, 0.5) is 0 Å². The van der Waals surface area contributed by atoms with Gasteiger partial charge in [-0.2, -0.15) is 0 Å². The topological polar surface area (TPSA) is 38.8 Å². The number of allylic oxidation sites excluding steroid dienone is 1. The highest BCUT2D eigenvalue weighted by Gasteiger charge is 2.22. The summed E-state index contributed by atoms with van der Waals surface area (Å²) < 4.78 is 9.93. The molecule has 0 saturated carbocycles. The fraction of sp³-hybridized carbons (Fsp3) is 0.667. The maximum atomic E-state index is 11.0. The highest BCUT2D eigenvalue weighted by molar-refractivity contribution is 5.87. The summed E-state index contributed by atoms with van der Waals surface area (Å²) in [6.07, 6.45) is 2.90. The van der Waals surface area contributed by atoms with Gasteiger partial charge < -0.3 is 9.47 Å². The van der Waals surface area contributed by atoms with E-state index >= 15 is 0 Å². The lowest BCUT2D eigenvalue weighted by Gasteiger charge is -2.02. The van der Waals surface area contributed by atoms with Gasteiger partial charge in [0.2, 0.25) is 0 Å². The summed E-state index contributed by atoms with van der Waals surface area (Å²) in [6.45, 7) is 4.85. The Labute approximate surface area is 72.4 Å². The Morgan fingerprint density at radius 2 is 2.42 bits per heavy atom. The molecule has 1 aliphatic rings. The van der Waals surface area contributed by atoms with Crippen LogP contribution in [0.25, 0.3) is 0 Å². The molecule has 1 aliphatic heterocycles. The van der Waals surface area contributed by atoms with Gasteiger partial charge in [0.25, 0.3) is 0 Å². The second-order valence-corrected chi connectivity index (χ2v) is 2.85. The van der Waals surface area contributed by atoms with Crippen molar-refractivity contribution in [2.24, 2.45) is 0 Å². The second-order valence-electron chi connectivity index (χ2n) is 2.85. The molecule has 3 heteroatoms. The number of esters is 1. The molecule has 0 aromatic carbocycles. The third kappa shape index (κ3) is 3.05. The van der Waals surface area contributed by atoms with E-state index in [4.69, 9.17) is 9.47 Å². The molecular formula is C9H14O3. The normalized spacial score (nSPS) is 22.2. The molecule has 1 rings (SSSR count). The summed E-state index contributed by atoms with van der Waals surface area (Å²) in [6, 6.07) is 0. The number of ether oxygens (including phenoxy) is 2. The highest BCUT2D eigenvalue weighted by Crippen LogP contribution is 2.13. The van der Waals surface area contributed by atoms with Crippen LogP contribution in [0.3, 0.4) is 0 Å². The predicted octanol–water partition coefficient (Wildman–Crippen LogP) is 1.28. The van der Waals surface area contributed by atoms with E-state index in [1.807, 2.05) is 6.92 Å². The van der Waals surface area contributed by atoms with Gasteiger partial charge in [0.15, 0.2) is 0 Å². The minimum Gasteiger partial charge on any atom is -0.462 e. The Balaban J connectivity index is 2.08. The molecular weight excluding hydrogens is 156 g/mol. The van der Waals surface area contributed by atoms with Crippen molar-refractivity contribution in [3.8, 4) is 0 Å². The first kappa shape index (κ1) is 9.26. The molecule has 1 fully saturated rings. The molecule has 0 radical (unpaired) electrons. The number of carbonyl (C=O) groups is 1. The first-order chi connectivity index (χ1) is 5.74. The van der Waals surface area contributed by atoms with Crippen LogP contribution in [0.2, 0.25) is 0 Å². The Kier molecular flexibility index (Phi) is 3.29. The molecule has 1 unspecified atom stereocenters. The van der Waals surface area contributed by atoms with Crippen molar-refractivity contribution in [1.82, 2.24) is 0 Å². The highest BCUT2D eigenvalue weighted by atomic mass is 16.6. The van der Waals surface area contributed by atoms with Crippen molar-refractivity contribution in [3.63, 3.8) is 0 Å². The van der Waals surface area contributed by atoms with Crippen LogP contribution < -0.4 is 0 Å². The average molecular weight is 170 g/mol. The Morgan fingerprint density at radius 3 is 2.92 bits per heavy atom. The molecule has 1 saturated heterocycles. The Morgan fingerprint density at radius 1 is 1.75 bits per heavy atom. The van der Waals surface area contributed by atoms with Gasteiger partial charge in [0, 0.05) is 12.0 Å². The lowest BCUT2D eigenvalue weighted by Crippen LogP contribution is -2.08. The van der Waals surface area contributed by atoms with Crippen molar-refractivity contribution < 1.29 is 14.3 Å². The Hall–Kier alpha value is -0.830. The summed E-state index contributed by atoms with van der Waals surface area (Å²) in [4.78, 5) is 11.0. The maximum Gasteiger partial charge on any atom is 0.333 e. The minimum absolute atomic E-state index is 0.224. The molecule has 0 aromatic rings. The molecule has 0 amide bonds. The van der Waals surface area contributed by atoms with E-state index in [9.17, 15) is 4.79 Å². The van der Waals surface area contributed by atoms with Crippen LogP contribution >= 0.6 is 0 Å². The zero-order valence-electron chi connectivity index (χ0n) is 7.50. The van der Waals surface area contributed by atoms with Crippen LogP contribution in [0.15, 0.2) is 11.6 Å². The van der Waals surface area contributed by atoms with E-state index in [1.165, 1.54) is 0 Å². The summed E-state index contributed by atoms with van der Waals surface area (Å²) in [7, 11) is 0. The lowest BCUT2D eigenvalue weighted by molar-refractivity contribution is -0.139. The van der Waals surface area contributed by atoms with Crippen LogP contribution in [0, 0.1) is 0 Å². The van der Waals surface area contributed by atoms with Crippen molar-refractivity contribution in [2.45, 2.75) is 26.4 Å². The maximum absolute atomic E-state index is 11.0. The van der Waals surface area contributed by atoms with Crippen LogP contribution in [-0.4, -0.2) is 25.3 Å². The quantitative estimate of drug-likeness (QED) is 0.362. The number of hydrogen-bond donors (Lipinski definition) is 0. The number of carbonyl (C=O) groups excluding carboxylic acids is 1. The molecule has 0 spiro atoms. The molecule has 1 atom stereocenters. The average Bonchev–Trinajstić information content (AvgIpc) is 2.86. The van der Waals surface area contributed by atoms with Gasteiger partial charge in [-0.3, -0.25) is 0 Å². The summed E-state index contributed by atoms with van der Waals surface area (Å²) in [5.74, 6) is -0.224. The molecule has 1 heterocycles. The summed E-state index contributed by atoms with van der Waals surface area (Å²) >= 11 is 0. The number of rotatable bonds is 4. The van der Waals surface area contributed by atoms with Gasteiger partial charge in [-0.15, -0.1) is 0 Å². The number of hydrogen-bond acceptors (Lipinski definition) is 3. The van der Waals surface area contributed by atoms with Crippen LogP contribution in [-0.2, 0) is 14.3 Å². The monoisotopic (exact) mass is 170 g/mol. The summed E-state index contributed by atoms with van der Waals surface area (Å²) in [5.41, 5.74) is 0.659. The molecule has 0 bridgehead atoms. The zero-order chi connectivity index (χ0) is 8.97. The standard InChI is InChI=1S/C9H14O3/c1-3-7(2)9(10)11-5-4-8-6-12-8/h3,8H,4-6H2,1-2H3/b7-3+. The van der Waals surface area contributed by atoms with Crippen molar-refractivity contribution >= 4 is 5.97 Å². The van der Waals surface area contributed by atoms with E-state index in [0.717, 1.165) is 13.0 Å². The van der Waals surface area contributed by atoms with Gasteiger partial charge in [0.1, 0.15) is 0 Å². The van der Waals surface area contributed by atoms with Gasteiger partial charge in [-0.05, 0) is 13.8 Å². The van der Waals surface area contributed by atoms with E-state index in [-0.39, 0.29) is 5.97 Å². The van der Waals surface area contributed by atoms with E-state index in [1.54, 1.807) is 13.0 Å². The molecule has 0 aromatic heterocycles. The van der Waals surface area contributed by atoms with E-state index in [0.29, 0.717) is 18.3 Å². The third-order valence-corrected chi connectivity index (χ3v) is 1.83. The third-order valence-electron chi connectivity index (χ3n) is 1.83. The molecule has 0 N–H and O–H groups in total. The zero-order valence-corrected chi connectivity index (χ0v) is 7.50. The second kappa shape index (κ2) is 4.26. The first-order valence-electron chi connectivity index (χ1n) is 4.15. The van der Waals surface area contributed by atoms with Gasteiger partial charge in [-0.25, -0.2) is 4.79 Å². The van der Waals surface area contributed by atoms with E-state index in [2.05, 4.69) is 0 Å². The lowest BCUT2D eigenvalue weighted by atomic mass is 10.3. The molecule has 12 heavy (non-hydrogen) atoms. The van der Waals surface area contributed by atoms with Crippen molar-refractivity contribution in [1.29, 1.82) is 0 Å². The predicted molar refractivity (Wildman–Crippen MR) is 44.7 cm³/mol. The largest absolute Gasteiger partial charge is 0.462 e. The van der Waals surface area contributed by atoms with Crippen molar-refractivity contribution in [2.75, 3.05) is 13.2 Å². The first-order valence-corrected chi connectivity index (χ1v) is 4.15. The number of epoxide rings is 1. The SMILES string of the molecule is C/C=C(\C)C(=O)OCCC1CO1. The van der Waals surface area contributed by atoms with Gasteiger partial charge in [0.05, 0.1) is 19.3 Å².